The molecule has 0 bridgehead atoms. The predicted molar refractivity (Wildman–Crippen MR) is 231 cm³/mol. The molecule has 5 unspecified atom stereocenters. The van der Waals surface area contributed by atoms with E-state index < -0.39 is 47.5 Å². The molecule has 1 aliphatic rings. The smallest absolute Gasteiger partial charge is 0.309 e. The second kappa shape index (κ2) is 22.9. The summed E-state index contributed by atoms with van der Waals surface area (Å²) in [4.78, 5) is 75.7. The van der Waals surface area contributed by atoms with E-state index in [9.17, 15) is 34.2 Å². The Labute approximate surface area is 355 Å². The Balaban J connectivity index is 1.95. The van der Waals surface area contributed by atoms with Crippen LogP contribution in [-0.4, -0.2) is 99.0 Å². The number of aromatic hydroxyl groups is 1. The van der Waals surface area contributed by atoms with Crippen LogP contribution in [0.2, 0.25) is 0 Å². The molecule has 3 rings (SSSR count). The molecule has 14 nitrogen and oxygen atoms in total. The van der Waals surface area contributed by atoms with Crippen LogP contribution in [0.3, 0.4) is 0 Å². The van der Waals surface area contributed by atoms with Crippen LogP contribution >= 0.6 is 11.3 Å². The third kappa shape index (κ3) is 14.5. The number of hydrogen-bond acceptors (Lipinski definition) is 11. The first-order valence-electron chi connectivity index (χ1n) is 21.3. The fourth-order valence-electron chi connectivity index (χ4n) is 7.74. The zero-order valence-electron chi connectivity index (χ0n) is 36.7. The SMILES string of the molecule is CCCCCCN(C(=O)C(NC(=O)[C@H]1CCCCN1C)C(C)CC)C(CC(OC(C)=O)c1nc(C(=O)NC(Cc2ccc(O)c(N)c2)CC(C)(C)C(=O)O)cs1)C(C)C. The van der Waals surface area contributed by atoms with E-state index in [2.05, 4.69) is 27.4 Å². The first kappa shape index (κ1) is 49.1. The van der Waals surface area contributed by atoms with Gasteiger partial charge in [-0.1, -0.05) is 72.8 Å². The lowest BCUT2D eigenvalue weighted by Crippen LogP contribution is -2.59. The molecule has 2 aromatic rings. The molecule has 0 spiro atoms. The summed E-state index contributed by atoms with van der Waals surface area (Å²) < 4.78 is 5.91. The van der Waals surface area contributed by atoms with Gasteiger partial charge in [-0.15, -0.1) is 11.3 Å². The number of aliphatic carboxylic acids is 1. The standard InChI is InChI=1S/C44H70N6O8S/c1-10-12-13-15-21-50(42(55)38(28(5)11-2)48-40(54)34-17-14-16-20-49(34)9)35(27(3)4)24-37(58-29(6)51)41-47-33(26-59-41)39(53)46-31(25-44(7,8)43(56)57)22-30-18-19-36(52)32(45)23-30/h18-19,23,26-28,31,34-35,37-38,52H,10-17,20-22,24-25,45H2,1-9H3,(H,46,53)(H,48,54)(H,56,57)/t28?,31?,34-,35?,37?,38?/m1/s1. The number of thiazole rings is 1. The molecule has 6 atom stereocenters. The van der Waals surface area contributed by atoms with E-state index in [1.807, 2.05) is 39.6 Å². The molecule has 1 aromatic carbocycles. The second-order valence-electron chi connectivity index (χ2n) is 17.3. The van der Waals surface area contributed by atoms with E-state index in [4.69, 9.17) is 10.5 Å². The summed E-state index contributed by atoms with van der Waals surface area (Å²) in [6.07, 6.45) is 6.84. The van der Waals surface area contributed by atoms with Crippen LogP contribution in [0.1, 0.15) is 147 Å². The second-order valence-corrected chi connectivity index (χ2v) is 18.2. The summed E-state index contributed by atoms with van der Waals surface area (Å²) in [6.45, 7) is 16.0. The minimum atomic E-state index is -1.18. The van der Waals surface area contributed by atoms with Gasteiger partial charge < -0.3 is 36.2 Å². The molecule has 1 aromatic heterocycles. The lowest BCUT2D eigenvalue weighted by Gasteiger charge is -2.40. The number of rotatable bonds is 23. The van der Waals surface area contributed by atoms with Gasteiger partial charge in [0.2, 0.25) is 11.8 Å². The average Bonchev–Trinajstić information content (AvgIpc) is 3.67. The van der Waals surface area contributed by atoms with E-state index in [0.29, 0.717) is 23.5 Å². The highest BCUT2D eigenvalue weighted by atomic mass is 32.1. The molecule has 2 heterocycles. The van der Waals surface area contributed by atoms with Gasteiger partial charge in [0.1, 0.15) is 22.5 Å². The number of carbonyl (C=O) groups excluding carboxylic acids is 4. The molecule has 0 saturated carbocycles. The number of unbranched alkanes of at least 4 members (excludes halogenated alkanes) is 3. The lowest BCUT2D eigenvalue weighted by molar-refractivity contribution is -0.150. The van der Waals surface area contributed by atoms with Gasteiger partial charge in [-0.25, -0.2) is 4.98 Å². The molecule has 1 fully saturated rings. The van der Waals surface area contributed by atoms with Gasteiger partial charge in [0.05, 0.1) is 17.1 Å². The Hall–Kier alpha value is -4.24. The zero-order chi connectivity index (χ0) is 44.0. The molecule has 15 heteroatoms. The Morgan fingerprint density at radius 2 is 1.80 bits per heavy atom. The van der Waals surface area contributed by atoms with Gasteiger partial charge in [-0.05, 0) is 89.1 Å². The molecule has 6 N–H and O–H groups in total. The van der Waals surface area contributed by atoms with Crippen LogP contribution in [0.25, 0.3) is 0 Å². The highest BCUT2D eigenvalue weighted by molar-refractivity contribution is 7.09. The molecule has 3 amide bonds. The number of phenolic OH excluding ortho intramolecular Hbond substituents is 1. The minimum absolute atomic E-state index is 0.0732. The molecule has 0 aliphatic carbocycles. The van der Waals surface area contributed by atoms with Crippen molar-refractivity contribution in [2.45, 2.75) is 156 Å². The van der Waals surface area contributed by atoms with Gasteiger partial charge in [0.15, 0.2) is 6.10 Å². The quantitative estimate of drug-likeness (QED) is 0.0344. The van der Waals surface area contributed by atoms with Crippen molar-refractivity contribution < 1.29 is 38.9 Å². The maximum atomic E-state index is 14.9. The van der Waals surface area contributed by atoms with Crippen LogP contribution in [0, 0.1) is 17.3 Å². The van der Waals surface area contributed by atoms with Gasteiger partial charge >= 0.3 is 11.9 Å². The van der Waals surface area contributed by atoms with Crippen LogP contribution in [0.15, 0.2) is 23.6 Å². The largest absolute Gasteiger partial charge is 0.506 e. The fourth-order valence-corrected chi connectivity index (χ4v) is 8.58. The highest BCUT2D eigenvalue weighted by Crippen LogP contribution is 2.33. The van der Waals surface area contributed by atoms with Crippen molar-refractivity contribution >= 4 is 46.7 Å². The topological polar surface area (TPSA) is 204 Å². The summed E-state index contributed by atoms with van der Waals surface area (Å²) in [6, 6.07) is 2.63. The van der Waals surface area contributed by atoms with Gasteiger partial charge in [-0.2, -0.15) is 0 Å². The number of aromatic nitrogens is 1. The van der Waals surface area contributed by atoms with Crippen molar-refractivity contribution in [3.8, 4) is 5.75 Å². The summed E-state index contributed by atoms with van der Waals surface area (Å²) in [5.41, 5.74) is 5.69. The molecular formula is C44H70N6O8S. The van der Waals surface area contributed by atoms with Crippen LogP contribution in [-0.2, 0) is 30.3 Å². The number of nitrogens with zero attached hydrogens (tertiary/aromatic N) is 3. The van der Waals surface area contributed by atoms with Crippen LogP contribution in [0.5, 0.6) is 5.75 Å². The van der Waals surface area contributed by atoms with Crippen molar-refractivity contribution in [1.82, 2.24) is 25.4 Å². The molecular weight excluding hydrogens is 773 g/mol. The number of likely N-dealkylation sites (tertiary alicyclic amines) is 1. The number of esters is 1. The van der Waals surface area contributed by atoms with Crippen molar-refractivity contribution in [3.05, 3.63) is 39.8 Å². The van der Waals surface area contributed by atoms with E-state index in [-0.39, 0.29) is 66.1 Å². The fraction of sp³-hybridized carbons (Fsp3) is 0.682. The number of benzene rings is 1. The van der Waals surface area contributed by atoms with Gasteiger partial charge in [0.25, 0.3) is 5.91 Å². The van der Waals surface area contributed by atoms with E-state index >= 15 is 0 Å². The number of nitrogens with two attached hydrogens (primary N) is 1. The van der Waals surface area contributed by atoms with E-state index in [0.717, 1.165) is 51.5 Å². The summed E-state index contributed by atoms with van der Waals surface area (Å²) in [5.74, 6) is -2.66. The van der Waals surface area contributed by atoms with E-state index in [1.54, 1.807) is 31.4 Å². The lowest BCUT2D eigenvalue weighted by atomic mass is 9.84. The Kier molecular flexibility index (Phi) is 19.1. The predicted octanol–water partition coefficient (Wildman–Crippen LogP) is 6.72. The Morgan fingerprint density at radius 1 is 1.08 bits per heavy atom. The Morgan fingerprint density at radius 3 is 2.39 bits per heavy atom. The number of piperidine rings is 1. The number of ether oxygens (including phenoxy) is 1. The highest BCUT2D eigenvalue weighted by Gasteiger charge is 2.39. The van der Waals surface area contributed by atoms with Gasteiger partial charge in [0, 0.05) is 37.4 Å². The van der Waals surface area contributed by atoms with Crippen LogP contribution in [0.4, 0.5) is 5.69 Å². The third-order valence-electron chi connectivity index (χ3n) is 11.6. The van der Waals surface area contributed by atoms with Crippen molar-refractivity contribution in [3.63, 3.8) is 0 Å². The number of anilines is 1. The number of carboxylic acids is 1. The number of nitrogens with one attached hydrogen (secondary N) is 2. The third-order valence-corrected chi connectivity index (χ3v) is 12.5. The minimum Gasteiger partial charge on any atom is -0.506 e. The number of phenols is 1. The van der Waals surface area contributed by atoms with Crippen molar-refractivity contribution in [2.24, 2.45) is 17.3 Å². The van der Waals surface area contributed by atoms with Gasteiger partial charge in [-0.3, -0.25) is 28.9 Å². The van der Waals surface area contributed by atoms with Crippen molar-refractivity contribution in [1.29, 1.82) is 0 Å². The normalized spacial score (nSPS) is 17.4. The van der Waals surface area contributed by atoms with Crippen LogP contribution < -0.4 is 16.4 Å². The number of carboxylic acid groups (broad SMARTS) is 1. The molecule has 1 saturated heterocycles. The number of hydrogen-bond donors (Lipinski definition) is 5. The number of likely N-dealkylation sites (N-methyl/N-ethyl adjacent to an activating group) is 1. The summed E-state index contributed by atoms with van der Waals surface area (Å²) in [7, 11) is 1.95. The summed E-state index contributed by atoms with van der Waals surface area (Å²) in [5, 5.41) is 27.9. The first-order chi connectivity index (χ1) is 27.8. The Bertz CT molecular complexity index is 1720. The molecule has 59 heavy (non-hydrogen) atoms. The maximum absolute atomic E-state index is 14.9. The monoisotopic (exact) mass is 842 g/mol. The zero-order valence-corrected chi connectivity index (χ0v) is 37.5. The number of amides is 3. The number of nitrogen functional groups attached to an aromatic ring is 1. The van der Waals surface area contributed by atoms with Crippen molar-refractivity contribution in [2.75, 3.05) is 25.9 Å². The average molecular weight is 843 g/mol. The number of carbonyl (C=O) groups is 5. The first-order valence-corrected chi connectivity index (χ1v) is 22.2. The molecule has 1 aliphatic heterocycles. The molecule has 0 radical (unpaired) electrons. The summed E-state index contributed by atoms with van der Waals surface area (Å²) >= 11 is 1.17. The molecule has 330 valence electrons. The van der Waals surface area contributed by atoms with E-state index in [1.165, 1.54) is 24.3 Å². The maximum Gasteiger partial charge on any atom is 0.309 e.